The van der Waals surface area contributed by atoms with E-state index in [0.717, 1.165) is 17.7 Å². The second kappa shape index (κ2) is 4.18. The predicted molar refractivity (Wildman–Crippen MR) is 67.5 cm³/mol. The molecule has 5 heteroatoms. The number of hydrogen-bond acceptors (Lipinski definition) is 3. The van der Waals surface area contributed by atoms with E-state index in [1.807, 2.05) is 0 Å². The molecule has 4 rings (SSSR count). The van der Waals surface area contributed by atoms with Gasteiger partial charge in [-0.25, -0.2) is 0 Å². The highest BCUT2D eigenvalue weighted by molar-refractivity contribution is 6.08. The molecule has 19 heavy (non-hydrogen) atoms. The minimum atomic E-state index is -0.787. The van der Waals surface area contributed by atoms with E-state index in [4.69, 9.17) is 5.73 Å². The number of allylic oxidation sites excluding steroid dienone is 2. The molecule has 3 amide bonds. The van der Waals surface area contributed by atoms with E-state index < -0.39 is 11.9 Å². The zero-order valence-electron chi connectivity index (χ0n) is 10.9. The van der Waals surface area contributed by atoms with Crippen molar-refractivity contribution in [3.05, 3.63) is 12.2 Å². The number of carbonyl (C=O) groups is 3. The Morgan fingerprint density at radius 3 is 2.05 bits per heavy atom. The monoisotopic (exact) mass is 262 g/mol. The fourth-order valence-corrected chi connectivity index (χ4v) is 3.92. The maximum Gasteiger partial charge on any atom is 0.240 e. The van der Waals surface area contributed by atoms with Crippen LogP contribution in [0.15, 0.2) is 12.2 Å². The van der Waals surface area contributed by atoms with Gasteiger partial charge in [0, 0.05) is 0 Å². The van der Waals surface area contributed by atoms with Crippen molar-refractivity contribution in [1.29, 1.82) is 0 Å². The van der Waals surface area contributed by atoms with Crippen molar-refractivity contribution in [2.75, 3.05) is 0 Å². The van der Waals surface area contributed by atoms with Crippen molar-refractivity contribution in [3.8, 4) is 0 Å². The van der Waals surface area contributed by atoms with Gasteiger partial charge in [-0.15, -0.1) is 0 Å². The zero-order valence-corrected chi connectivity index (χ0v) is 10.9. The molecule has 2 N–H and O–H groups in total. The van der Waals surface area contributed by atoms with Crippen LogP contribution in [0.4, 0.5) is 0 Å². The van der Waals surface area contributed by atoms with Gasteiger partial charge in [-0.3, -0.25) is 19.3 Å². The van der Waals surface area contributed by atoms with Crippen molar-refractivity contribution in [2.24, 2.45) is 29.4 Å². The van der Waals surface area contributed by atoms with E-state index in [-0.39, 0.29) is 35.5 Å². The highest BCUT2D eigenvalue weighted by Crippen LogP contribution is 2.50. The minimum absolute atomic E-state index is 0.154. The van der Waals surface area contributed by atoms with Gasteiger partial charge in [-0.1, -0.05) is 19.1 Å². The van der Waals surface area contributed by atoms with Crippen molar-refractivity contribution >= 4 is 17.7 Å². The number of hydrogen-bond donors (Lipinski definition) is 1. The molecule has 1 heterocycles. The lowest BCUT2D eigenvalue weighted by Gasteiger charge is -2.38. The quantitative estimate of drug-likeness (QED) is 0.592. The first-order chi connectivity index (χ1) is 9.06. The lowest BCUT2D eigenvalue weighted by molar-refractivity contribution is -0.147. The summed E-state index contributed by atoms with van der Waals surface area (Å²) in [4.78, 5) is 37.6. The molecule has 0 aromatic carbocycles. The first kappa shape index (κ1) is 12.4. The summed E-state index contributed by atoms with van der Waals surface area (Å²) in [6.07, 6.45) is 6.44. The first-order valence-electron chi connectivity index (χ1n) is 6.90. The number of nitrogens with zero attached hydrogens (tertiary/aromatic N) is 1. The van der Waals surface area contributed by atoms with Gasteiger partial charge < -0.3 is 5.73 Å². The number of carbonyl (C=O) groups excluding carboxylic acids is 3. The molecule has 0 radical (unpaired) electrons. The maximum absolute atomic E-state index is 12.5. The van der Waals surface area contributed by atoms with Gasteiger partial charge in [0.05, 0.1) is 11.8 Å². The van der Waals surface area contributed by atoms with Crippen LogP contribution in [0.2, 0.25) is 0 Å². The summed E-state index contributed by atoms with van der Waals surface area (Å²) in [5.74, 6) is -1.19. The molecule has 5 nitrogen and oxygen atoms in total. The number of primary amides is 1. The normalized spacial score (nSPS) is 37.6. The van der Waals surface area contributed by atoms with Crippen LogP contribution in [0.25, 0.3) is 0 Å². The van der Waals surface area contributed by atoms with Crippen molar-refractivity contribution in [2.45, 2.75) is 32.2 Å². The Bertz CT molecular complexity index is 453. The maximum atomic E-state index is 12.5. The molecular formula is C14H18N2O3. The summed E-state index contributed by atoms with van der Waals surface area (Å²) < 4.78 is 0. The Morgan fingerprint density at radius 2 is 1.74 bits per heavy atom. The topological polar surface area (TPSA) is 80.5 Å². The van der Waals surface area contributed by atoms with E-state index in [9.17, 15) is 14.4 Å². The lowest BCUT2D eigenvalue weighted by atomic mass is 9.63. The molecule has 4 aliphatic rings. The lowest BCUT2D eigenvalue weighted by Crippen LogP contribution is -2.48. The number of fused-ring (bicyclic) bond motifs is 1. The van der Waals surface area contributed by atoms with Crippen LogP contribution in [-0.4, -0.2) is 28.7 Å². The number of likely N-dealkylation sites (tertiary alicyclic amines) is 1. The molecule has 0 spiro atoms. The Balaban J connectivity index is 1.97. The van der Waals surface area contributed by atoms with Crippen molar-refractivity contribution in [1.82, 2.24) is 4.90 Å². The highest BCUT2D eigenvalue weighted by atomic mass is 16.2. The molecule has 102 valence electrons. The van der Waals surface area contributed by atoms with Crippen LogP contribution >= 0.6 is 0 Å². The standard InChI is InChI=1S/C14H18N2O3/c1-2-9(12(15)17)16-13(18)10-7-3-4-8(6-5-7)11(10)14(16)19/h3-4,7-11H,2,5-6H2,1H3,(H2,15,17). The van der Waals surface area contributed by atoms with Gasteiger partial charge in [0.15, 0.2) is 0 Å². The zero-order chi connectivity index (χ0) is 13.7. The average molecular weight is 262 g/mol. The molecule has 3 aliphatic carbocycles. The molecule has 1 aliphatic heterocycles. The SMILES string of the molecule is CCC(C(N)=O)N1C(=O)C2C3C=CC(CC3)C2C1=O. The second-order valence-electron chi connectivity index (χ2n) is 5.71. The molecular weight excluding hydrogens is 244 g/mol. The van der Waals surface area contributed by atoms with Gasteiger partial charge in [0.2, 0.25) is 17.7 Å². The molecule has 5 atom stereocenters. The number of rotatable bonds is 3. The van der Waals surface area contributed by atoms with Crippen LogP contribution in [0.5, 0.6) is 0 Å². The summed E-state index contributed by atoms with van der Waals surface area (Å²) >= 11 is 0. The average Bonchev–Trinajstić information content (AvgIpc) is 2.68. The summed E-state index contributed by atoms with van der Waals surface area (Å²) in [5.41, 5.74) is 5.33. The smallest absolute Gasteiger partial charge is 0.240 e. The summed E-state index contributed by atoms with van der Waals surface area (Å²) in [6, 6.07) is -0.787. The van der Waals surface area contributed by atoms with E-state index in [0.29, 0.717) is 6.42 Å². The number of nitrogens with two attached hydrogens (primary N) is 1. The van der Waals surface area contributed by atoms with Crippen LogP contribution in [0.3, 0.4) is 0 Å². The minimum Gasteiger partial charge on any atom is -0.368 e. The third kappa shape index (κ3) is 1.57. The molecule has 5 unspecified atom stereocenters. The van der Waals surface area contributed by atoms with Crippen molar-refractivity contribution < 1.29 is 14.4 Å². The Morgan fingerprint density at radius 1 is 1.26 bits per heavy atom. The Hall–Kier alpha value is -1.65. The fourth-order valence-electron chi connectivity index (χ4n) is 3.92. The largest absolute Gasteiger partial charge is 0.368 e. The molecule has 0 aromatic heterocycles. The molecule has 2 bridgehead atoms. The molecule has 0 aromatic rings. The fraction of sp³-hybridized carbons (Fsp3) is 0.643. The third-order valence-electron chi connectivity index (χ3n) is 4.82. The Labute approximate surface area is 111 Å². The molecule has 1 saturated carbocycles. The van der Waals surface area contributed by atoms with Gasteiger partial charge in [0.1, 0.15) is 6.04 Å². The van der Waals surface area contributed by atoms with Gasteiger partial charge in [-0.2, -0.15) is 0 Å². The van der Waals surface area contributed by atoms with E-state index in [2.05, 4.69) is 12.2 Å². The molecule has 2 fully saturated rings. The second-order valence-corrected chi connectivity index (χ2v) is 5.71. The van der Waals surface area contributed by atoms with Crippen molar-refractivity contribution in [3.63, 3.8) is 0 Å². The van der Waals surface area contributed by atoms with E-state index >= 15 is 0 Å². The van der Waals surface area contributed by atoms with Crippen LogP contribution in [-0.2, 0) is 14.4 Å². The van der Waals surface area contributed by atoms with Gasteiger partial charge in [0.25, 0.3) is 0 Å². The van der Waals surface area contributed by atoms with E-state index in [1.54, 1.807) is 6.92 Å². The van der Waals surface area contributed by atoms with Crippen LogP contribution in [0.1, 0.15) is 26.2 Å². The summed E-state index contributed by atoms with van der Waals surface area (Å²) in [7, 11) is 0. The van der Waals surface area contributed by atoms with Gasteiger partial charge >= 0.3 is 0 Å². The van der Waals surface area contributed by atoms with Crippen LogP contribution in [0, 0.1) is 23.7 Å². The van der Waals surface area contributed by atoms with Gasteiger partial charge in [-0.05, 0) is 31.1 Å². The van der Waals surface area contributed by atoms with E-state index in [1.165, 1.54) is 0 Å². The first-order valence-corrected chi connectivity index (χ1v) is 6.90. The predicted octanol–water partition coefficient (Wildman–Crippen LogP) is 0.447. The Kier molecular flexibility index (Phi) is 2.73. The number of amides is 3. The molecule has 1 saturated heterocycles. The highest BCUT2D eigenvalue weighted by Gasteiger charge is 2.58. The summed E-state index contributed by atoms with van der Waals surface area (Å²) in [6.45, 7) is 1.77. The third-order valence-corrected chi connectivity index (χ3v) is 4.82. The van der Waals surface area contributed by atoms with Crippen LogP contribution < -0.4 is 5.73 Å². The number of imide groups is 1. The summed E-state index contributed by atoms with van der Waals surface area (Å²) in [5, 5.41) is 0.